The van der Waals surface area contributed by atoms with Gasteiger partial charge in [0.1, 0.15) is 0 Å². The highest BCUT2D eigenvalue weighted by Crippen LogP contribution is 2.23. The van der Waals surface area contributed by atoms with Crippen LogP contribution in [0.15, 0.2) is 0 Å². The Morgan fingerprint density at radius 2 is 1.07 bits per heavy atom. The topological polar surface area (TPSA) is 6.48 Å². The van der Waals surface area contributed by atoms with Crippen LogP contribution in [0.3, 0.4) is 0 Å². The fourth-order valence-corrected chi connectivity index (χ4v) is 1.98. The molecule has 0 unspecified atom stereocenters. The first kappa shape index (κ1) is 13.9. The van der Waals surface area contributed by atoms with Crippen LogP contribution in [-0.4, -0.2) is 48.1 Å². The fraction of sp³-hybridized carbons (Fsp3) is 1.00. The van der Waals surface area contributed by atoms with Crippen molar-refractivity contribution in [3.05, 3.63) is 0 Å². The van der Waals surface area contributed by atoms with Gasteiger partial charge in [0.15, 0.2) is 0 Å². The van der Waals surface area contributed by atoms with Crippen LogP contribution < -0.4 is 0 Å². The number of likely N-dealkylation sites (N-methyl/N-ethyl adjacent to an activating group) is 1. The van der Waals surface area contributed by atoms with Crippen LogP contribution in [0.5, 0.6) is 0 Å². The third-order valence-electron chi connectivity index (χ3n) is 2.39. The molecule has 0 saturated carbocycles. The monoisotopic (exact) mass is 200 g/mol. The van der Waals surface area contributed by atoms with Gasteiger partial charge < -0.3 is 4.90 Å². The van der Waals surface area contributed by atoms with Crippen molar-refractivity contribution in [1.82, 2.24) is 9.80 Å². The van der Waals surface area contributed by atoms with Gasteiger partial charge in [0, 0.05) is 24.2 Å². The molecule has 0 spiro atoms. The number of rotatable bonds is 3. The Morgan fingerprint density at radius 3 is 1.29 bits per heavy atom. The molecule has 0 fully saturated rings. The van der Waals surface area contributed by atoms with Crippen LogP contribution in [0.4, 0.5) is 0 Å². The number of hydrogen-bond donors (Lipinski definition) is 0. The van der Waals surface area contributed by atoms with Gasteiger partial charge in [0.05, 0.1) is 0 Å². The largest absolute Gasteiger partial charge is 0.308 e. The lowest BCUT2D eigenvalue weighted by Crippen LogP contribution is -2.54. The van der Waals surface area contributed by atoms with Crippen LogP contribution in [-0.2, 0) is 0 Å². The first-order valence-electron chi connectivity index (χ1n) is 5.47. The average Bonchev–Trinajstić information content (AvgIpc) is 1.78. The SMILES string of the molecule is CN(C)CCN(C(C)(C)C)C(C)(C)C. The molecule has 0 aromatic carbocycles. The van der Waals surface area contributed by atoms with Crippen molar-refractivity contribution in [2.24, 2.45) is 0 Å². The van der Waals surface area contributed by atoms with Crippen molar-refractivity contribution in [3.8, 4) is 0 Å². The van der Waals surface area contributed by atoms with E-state index in [1.54, 1.807) is 0 Å². The van der Waals surface area contributed by atoms with Crippen molar-refractivity contribution in [2.45, 2.75) is 52.6 Å². The maximum Gasteiger partial charge on any atom is 0.0130 e. The minimum Gasteiger partial charge on any atom is -0.308 e. The normalized spacial score (nSPS) is 14.1. The van der Waals surface area contributed by atoms with Gasteiger partial charge in [0.2, 0.25) is 0 Å². The highest BCUT2D eigenvalue weighted by molar-refractivity contribution is 4.86. The molecule has 0 radical (unpaired) electrons. The van der Waals surface area contributed by atoms with E-state index in [1.165, 1.54) is 0 Å². The van der Waals surface area contributed by atoms with Crippen molar-refractivity contribution >= 4 is 0 Å². The zero-order valence-corrected chi connectivity index (χ0v) is 11.3. The second-order valence-electron chi connectivity index (χ2n) is 6.30. The molecule has 0 rings (SSSR count). The third-order valence-corrected chi connectivity index (χ3v) is 2.39. The molecule has 0 bridgehead atoms. The summed E-state index contributed by atoms with van der Waals surface area (Å²) in [5, 5.41) is 0. The molecule has 2 nitrogen and oxygen atoms in total. The van der Waals surface area contributed by atoms with Gasteiger partial charge in [-0.3, -0.25) is 4.90 Å². The van der Waals surface area contributed by atoms with Crippen LogP contribution in [0.25, 0.3) is 0 Å². The summed E-state index contributed by atoms with van der Waals surface area (Å²) in [6.45, 7) is 16.0. The maximum absolute atomic E-state index is 2.56. The zero-order valence-electron chi connectivity index (χ0n) is 11.3. The van der Waals surface area contributed by atoms with Crippen molar-refractivity contribution < 1.29 is 0 Å². The van der Waals surface area contributed by atoms with E-state index in [4.69, 9.17) is 0 Å². The smallest absolute Gasteiger partial charge is 0.0130 e. The third kappa shape index (κ3) is 4.97. The summed E-state index contributed by atoms with van der Waals surface area (Å²) in [4.78, 5) is 4.80. The summed E-state index contributed by atoms with van der Waals surface area (Å²) in [7, 11) is 4.26. The van der Waals surface area contributed by atoms with Crippen LogP contribution in [0, 0.1) is 0 Å². The maximum atomic E-state index is 2.56. The molecule has 0 aliphatic carbocycles. The molecule has 0 aromatic rings. The second-order valence-corrected chi connectivity index (χ2v) is 6.30. The molecule has 0 saturated heterocycles. The van der Waals surface area contributed by atoms with Gasteiger partial charge >= 0.3 is 0 Å². The van der Waals surface area contributed by atoms with Gasteiger partial charge in [-0.2, -0.15) is 0 Å². The van der Waals surface area contributed by atoms with E-state index in [2.05, 4.69) is 65.4 Å². The molecule has 14 heavy (non-hydrogen) atoms. The predicted octanol–water partition coefficient (Wildman–Crippen LogP) is 2.45. The fourth-order valence-electron chi connectivity index (χ4n) is 1.98. The Morgan fingerprint density at radius 1 is 0.714 bits per heavy atom. The van der Waals surface area contributed by atoms with Crippen LogP contribution in [0.2, 0.25) is 0 Å². The standard InChI is InChI=1S/C12H28N2/c1-11(2,3)14(12(4,5)6)10-9-13(7)8/h9-10H2,1-8H3. The van der Waals surface area contributed by atoms with Crippen molar-refractivity contribution in [3.63, 3.8) is 0 Å². The molecule has 2 heteroatoms. The molecule has 86 valence electrons. The van der Waals surface area contributed by atoms with E-state index < -0.39 is 0 Å². The summed E-state index contributed by atoms with van der Waals surface area (Å²) >= 11 is 0. The summed E-state index contributed by atoms with van der Waals surface area (Å²) in [5.41, 5.74) is 0.489. The first-order valence-corrected chi connectivity index (χ1v) is 5.47. The van der Waals surface area contributed by atoms with E-state index in [0.29, 0.717) is 0 Å². The van der Waals surface area contributed by atoms with Gasteiger partial charge in [-0.15, -0.1) is 0 Å². The van der Waals surface area contributed by atoms with Gasteiger partial charge in [-0.05, 0) is 55.6 Å². The molecular formula is C12H28N2. The molecule has 0 atom stereocenters. The lowest BCUT2D eigenvalue weighted by Gasteiger charge is -2.45. The lowest BCUT2D eigenvalue weighted by molar-refractivity contribution is 0.0328. The Balaban J connectivity index is 4.44. The van der Waals surface area contributed by atoms with E-state index >= 15 is 0 Å². The molecule has 0 heterocycles. The van der Waals surface area contributed by atoms with Crippen molar-refractivity contribution in [1.29, 1.82) is 0 Å². The molecule has 0 amide bonds. The van der Waals surface area contributed by atoms with Crippen LogP contribution >= 0.6 is 0 Å². The molecule has 0 aromatic heterocycles. The first-order chi connectivity index (χ1) is 6.05. The number of hydrogen-bond acceptors (Lipinski definition) is 2. The van der Waals surface area contributed by atoms with Gasteiger partial charge in [0.25, 0.3) is 0 Å². The van der Waals surface area contributed by atoms with E-state index in [-0.39, 0.29) is 11.1 Å². The van der Waals surface area contributed by atoms with E-state index in [1.807, 2.05) is 0 Å². The molecule has 0 aliphatic rings. The highest BCUT2D eigenvalue weighted by atomic mass is 15.3. The van der Waals surface area contributed by atoms with E-state index in [0.717, 1.165) is 13.1 Å². The predicted molar refractivity (Wildman–Crippen MR) is 64.8 cm³/mol. The zero-order chi connectivity index (χ0) is 11.6. The summed E-state index contributed by atoms with van der Waals surface area (Å²) < 4.78 is 0. The Bertz CT molecular complexity index is 146. The Labute approximate surface area is 90.3 Å². The average molecular weight is 200 g/mol. The summed E-state index contributed by atoms with van der Waals surface area (Å²) in [5.74, 6) is 0. The quantitative estimate of drug-likeness (QED) is 0.690. The molecule has 0 N–H and O–H groups in total. The van der Waals surface area contributed by atoms with Crippen LogP contribution in [0.1, 0.15) is 41.5 Å². The van der Waals surface area contributed by atoms with E-state index in [9.17, 15) is 0 Å². The summed E-state index contributed by atoms with van der Waals surface area (Å²) in [6, 6.07) is 0. The van der Waals surface area contributed by atoms with Gasteiger partial charge in [-0.25, -0.2) is 0 Å². The van der Waals surface area contributed by atoms with Gasteiger partial charge in [-0.1, -0.05) is 0 Å². The Kier molecular flexibility index (Phi) is 4.60. The second kappa shape index (κ2) is 4.63. The minimum absolute atomic E-state index is 0.244. The molecule has 0 aliphatic heterocycles. The highest BCUT2D eigenvalue weighted by Gasteiger charge is 2.30. The molecular weight excluding hydrogens is 172 g/mol. The summed E-state index contributed by atoms with van der Waals surface area (Å²) in [6.07, 6.45) is 0. The number of nitrogens with zero attached hydrogens (tertiary/aromatic N) is 2. The lowest BCUT2D eigenvalue weighted by atomic mass is 9.96. The minimum atomic E-state index is 0.244. The van der Waals surface area contributed by atoms with Crippen molar-refractivity contribution in [2.75, 3.05) is 27.2 Å². The Hall–Kier alpha value is -0.0800.